The van der Waals surface area contributed by atoms with Crippen molar-refractivity contribution >= 4 is 17.5 Å². The molecule has 4 rings (SSSR count). The Morgan fingerprint density at radius 1 is 1.09 bits per heavy atom. The van der Waals surface area contributed by atoms with Crippen molar-refractivity contribution in [1.29, 1.82) is 5.26 Å². The highest BCUT2D eigenvalue weighted by Gasteiger charge is 2.29. The summed E-state index contributed by atoms with van der Waals surface area (Å²) < 4.78 is 0. The molecule has 0 radical (unpaired) electrons. The summed E-state index contributed by atoms with van der Waals surface area (Å²) in [5.41, 5.74) is 2.63. The van der Waals surface area contributed by atoms with Gasteiger partial charge in [0.05, 0.1) is 11.6 Å². The van der Waals surface area contributed by atoms with E-state index in [4.69, 9.17) is 16.9 Å². The zero-order chi connectivity index (χ0) is 22.5. The lowest BCUT2D eigenvalue weighted by molar-refractivity contribution is -0.137. The van der Waals surface area contributed by atoms with Crippen LogP contribution in [0.4, 0.5) is 0 Å². The number of tetrazole rings is 1. The molecule has 1 fully saturated rings. The van der Waals surface area contributed by atoms with Gasteiger partial charge in [-0.15, -0.1) is 10.2 Å². The van der Waals surface area contributed by atoms with Crippen LogP contribution in [0.1, 0.15) is 30.5 Å². The van der Waals surface area contributed by atoms with Gasteiger partial charge in [0.2, 0.25) is 11.7 Å². The SMILES string of the molecule is CCC(C(=O)N1CCN(Cc2ccc(C#N)cc2)CC1)n1nnc(-c2ccc(Cl)cc2)n1. The molecule has 2 heterocycles. The largest absolute Gasteiger partial charge is 0.338 e. The van der Waals surface area contributed by atoms with Crippen LogP contribution >= 0.6 is 11.6 Å². The molecule has 1 aromatic heterocycles. The van der Waals surface area contributed by atoms with E-state index in [9.17, 15) is 4.79 Å². The fourth-order valence-electron chi connectivity index (χ4n) is 3.79. The van der Waals surface area contributed by atoms with Crippen molar-refractivity contribution in [2.75, 3.05) is 26.2 Å². The Morgan fingerprint density at radius 3 is 2.41 bits per heavy atom. The zero-order valence-electron chi connectivity index (χ0n) is 17.9. The Hall–Kier alpha value is -3.28. The number of amides is 1. The van der Waals surface area contributed by atoms with E-state index >= 15 is 0 Å². The van der Waals surface area contributed by atoms with Gasteiger partial charge in [0, 0.05) is 43.3 Å². The van der Waals surface area contributed by atoms with Crippen molar-refractivity contribution in [3.05, 3.63) is 64.7 Å². The lowest BCUT2D eigenvalue weighted by atomic mass is 10.1. The first-order valence-electron chi connectivity index (χ1n) is 10.6. The third-order valence-corrected chi connectivity index (χ3v) is 5.91. The average Bonchev–Trinajstić information content (AvgIpc) is 3.31. The van der Waals surface area contributed by atoms with E-state index in [0.717, 1.165) is 30.8 Å². The third-order valence-electron chi connectivity index (χ3n) is 5.65. The van der Waals surface area contributed by atoms with Gasteiger partial charge >= 0.3 is 0 Å². The summed E-state index contributed by atoms with van der Waals surface area (Å²) in [6, 6.07) is 16.5. The molecule has 3 aromatic rings. The minimum absolute atomic E-state index is 0.0191. The average molecular weight is 450 g/mol. The first-order valence-corrected chi connectivity index (χ1v) is 11.0. The molecule has 9 heteroatoms. The summed E-state index contributed by atoms with van der Waals surface area (Å²) >= 11 is 5.95. The van der Waals surface area contributed by atoms with Crippen LogP contribution in [-0.2, 0) is 11.3 Å². The van der Waals surface area contributed by atoms with E-state index in [0.29, 0.717) is 35.9 Å². The lowest BCUT2D eigenvalue weighted by Crippen LogP contribution is -2.50. The van der Waals surface area contributed by atoms with Crippen LogP contribution in [0.5, 0.6) is 0 Å². The summed E-state index contributed by atoms with van der Waals surface area (Å²) in [6.07, 6.45) is 0.584. The Bertz CT molecular complexity index is 1100. The maximum absolute atomic E-state index is 13.2. The number of carbonyl (C=O) groups is 1. The van der Waals surface area contributed by atoms with Gasteiger partial charge in [-0.1, -0.05) is 30.7 Å². The molecule has 0 N–H and O–H groups in total. The highest BCUT2D eigenvalue weighted by Crippen LogP contribution is 2.20. The van der Waals surface area contributed by atoms with Crippen LogP contribution in [0.3, 0.4) is 0 Å². The molecule has 1 aliphatic rings. The molecule has 164 valence electrons. The second-order valence-corrected chi connectivity index (χ2v) is 8.21. The summed E-state index contributed by atoms with van der Waals surface area (Å²) in [4.78, 5) is 18.8. The van der Waals surface area contributed by atoms with Crippen molar-refractivity contribution in [3.63, 3.8) is 0 Å². The number of hydrogen-bond donors (Lipinski definition) is 0. The van der Waals surface area contributed by atoms with Crippen molar-refractivity contribution in [2.45, 2.75) is 25.9 Å². The van der Waals surface area contributed by atoms with Gasteiger partial charge in [0.15, 0.2) is 6.04 Å². The molecule has 1 saturated heterocycles. The quantitative estimate of drug-likeness (QED) is 0.574. The number of halogens is 1. The maximum atomic E-state index is 13.2. The zero-order valence-corrected chi connectivity index (χ0v) is 18.6. The highest BCUT2D eigenvalue weighted by molar-refractivity contribution is 6.30. The van der Waals surface area contributed by atoms with Crippen molar-refractivity contribution in [2.24, 2.45) is 0 Å². The van der Waals surface area contributed by atoms with Crippen molar-refractivity contribution in [3.8, 4) is 17.5 Å². The molecule has 2 aromatic carbocycles. The minimum atomic E-state index is -0.478. The number of nitrogens with zero attached hydrogens (tertiary/aromatic N) is 7. The third kappa shape index (κ3) is 4.96. The van der Waals surface area contributed by atoms with Crippen LogP contribution in [0.25, 0.3) is 11.4 Å². The van der Waals surface area contributed by atoms with Crippen LogP contribution in [0.15, 0.2) is 48.5 Å². The first kappa shape index (κ1) is 21.9. The smallest absolute Gasteiger partial charge is 0.249 e. The normalized spacial score (nSPS) is 15.3. The van der Waals surface area contributed by atoms with E-state index in [1.54, 1.807) is 12.1 Å². The molecule has 1 amide bonds. The molecule has 1 atom stereocenters. The molecule has 32 heavy (non-hydrogen) atoms. The van der Waals surface area contributed by atoms with E-state index in [1.165, 1.54) is 4.80 Å². The first-order chi connectivity index (χ1) is 15.6. The van der Waals surface area contributed by atoms with Crippen molar-refractivity contribution < 1.29 is 4.79 Å². The van der Waals surface area contributed by atoms with E-state index in [-0.39, 0.29) is 5.91 Å². The number of carbonyl (C=O) groups excluding carboxylic acids is 1. The molecule has 1 unspecified atom stereocenters. The number of nitriles is 1. The van der Waals surface area contributed by atoms with E-state index < -0.39 is 6.04 Å². The van der Waals surface area contributed by atoms with Gasteiger partial charge in [-0.2, -0.15) is 10.1 Å². The Morgan fingerprint density at radius 2 is 1.78 bits per heavy atom. The van der Waals surface area contributed by atoms with Gasteiger partial charge in [-0.05, 0) is 53.6 Å². The van der Waals surface area contributed by atoms with Gasteiger partial charge in [0.1, 0.15) is 0 Å². The van der Waals surface area contributed by atoms with Crippen LogP contribution in [-0.4, -0.2) is 62.1 Å². The van der Waals surface area contributed by atoms with Gasteiger partial charge < -0.3 is 4.90 Å². The number of hydrogen-bond acceptors (Lipinski definition) is 6. The molecule has 1 aliphatic heterocycles. The maximum Gasteiger partial charge on any atom is 0.249 e. The van der Waals surface area contributed by atoms with Crippen LogP contribution in [0.2, 0.25) is 5.02 Å². The van der Waals surface area contributed by atoms with E-state index in [2.05, 4.69) is 26.4 Å². The molecular weight excluding hydrogens is 426 g/mol. The van der Waals surface area contributed by atoms with Gasteiger partial charge in [-0.25, -0.2) is 0 Å². The van der Waals surface area contributed by atoms with Crippen molar-refractivity contribution in [1.82, 2.24) is 30.0 Å². The minimum Gasteiger partial charge on any atom is -0.338 e. The molecule has 0 spiro atoms. The summed E-state index contributed by atoms with van der Waals surface area (Å²) in [5.74, 6) is 0.491. The Labute approximate surface area is 192 Å². The van der Waals surface area contributed by atoms with Crippen LogP contribution in [0, 0.1) is 11.3 Å². The number of aromatic nitrogens is 4. The predicted molar refractivity (Wildman–Crippen MR) is 121 cm³/mol. The standard InChI is InChI=1S/C23H24ClN7O/c1-2-21(31-27-22(26-28-31)19-7-9-20(24)10-8-19)23(32)30-13-11-29(12-14-30)16-18-5-3-17(15-25)4-6-18/h3-10,21H,2,11-14,16H2,1H3. The molecule has 0 aliphatic carbocycles. The van der Waals surface area contributed by atoms with E-state index in [1.807, 2.05) is 48.2 Å². The topological polar surface area (TPSA) is 90.9 Å². The summed E-state index contributed by atoms with van der Waals surface area (Å²) in [6.45, 7) is 5.66. The Kier molecular flexibility index (Phi) is 6.78. The summed E-state index contributed by atoms with van der Waals surface area (Å²) in [7, 11) is 0. The molecular formula is C23H24ClN7O. The van der Waals surface area contributed by atoms with Gasteiger partial charge in [-0.3, -0.25) is 9.69 Å². The lowest BCUT2D eigenvalue weighted by Gasteiger charge is -2.36. The molecule has 8 nitrogen and oxygen atoms in total. The Balaban J connectivity index is 1.36. The fraction of sp³-hybridized carbons (Fsp3) is 0.348. The number of rotatable bonds is 6. The molecule has 0 bridgehead atoms. The second-order valence-electron chi connectivity index (χ2n) is 7.77. The number of piperazine rings is 1. The summed E-state index contributed by atoms with van der Waals surface area (Å²) in [5, 5.41) is 22.3. The monoisotopic (exact) mass is 449 g/mol. The highest BCUT2D eigenvalue weighted by atomic mass is 35.5. The van der Waals surface area contributed by atoms with Gasteiger partial charge in [0.25, 0.3) is 0 Å². The fourth-order valence-corrected chi connectivity index (χ4v) is 3.91. The second kappa shape index (κ2) is 9.90. The number of benzene rings is 2. The predicted octanol–water partition coefficient (Wildman–Crippen LogP) is 3.16. The van der Waals surface area contributed by atoms with Crippen LogP contribution < -0.4 is 0 Å². The molecule has 0 saturated carbocycles.